The molecule has 0 saturated carbocycles. The predicted molar refractivity (Wildman–Crippen MR) is 64.4 cm³/mol. The lowest BCUT2D eigenvalue weighted by molar-refractivity contribution is -0.137. The summed E-state index contributed by atoms with van der Waals surface area (Å²) in [5, 5.41) is 2.47. The lowest BCUT2D eigenvalue weighted by Gasteiger charge is -2.11. The van der Waals surface area contributed by atoms with Crippen LogP contribution in [0.3, 0.4) is 0 Å². The lowest BCUT2D eigenvalue weighted by Crippen LogP contribution is -2.06. The average molecular weight is 336 g/mol. The van der Waals surface area contributed by atoms with Gasteiger partial charge in [-0.1, -0.05) is 0 Å². The summed E-state index contributed by atoms with van der Waals surface area (Å²) in [6.45, 7) is 0. The van der Waals surface area contributed by atoms with Gasteiger partial charge < -0.3 is 5.32 Å². The molecule has 1 aromatic carbocycles. The van der Waals surface area contributed by atoms with Gasteiger partial charge in [0.2, 0.25) is 0 Å². The van der Waals surface area contributed by atoms with Gasteiger partial charge in [0.15, 0.2) is 0 Å². The lowest BCUT2D eigenvalue weighted by atomic mass is 10.2. The monoisotopic (exact) mass is 335 g/mol. The Labute approximate surface area is 113 Å². The van der Waals surface area contributed by atoms with Crippen molar-refractivity contribution in [1.82, 2.24) is 9.97 Å². The Balaban J connectivity index is 2.34. The SMILES string of the molecule is Fc1ccc(C(F)(F)F)cc1Nc1cc(Br)ncn1. The number of hydrogen-bond acceptors (Lipinski definition) is 3. The van der Waals surface area contributed by atoms with Gasteiger partial charge in [-0.15, -0.1) is 0 Å². The molecule has 0 aliphatic carbocycles. The molecule has 0 unspecified atom stereocenters. The first-order chi connectivity index (χ1) is 8.86. The van der Waals surface area contributed by atoms with E-state index in [1.807, 2.05) is 0 Å². The van der Waals surface area contributed by atoms with E-state index in [0.29, 0.717) is 16.7 Å². The molecule has 2 rings (SSSR count). The molecule has 0 atom stereocenters. The number of aromatic nitrogens is 2. The van der Waals surface area contributed by atoms with Crippen LogP contribution in [0.15, 0.2) is 35.2 Å². The number of nitrogens with zero attached hydrogens (tertiary/aromatic N) is 2. The second kappa shape index (κ2) is 5.12. The van der Waals surface area contributed by atoms with Gasteiger partial charge in [-0.05, 0) is 34.1 Å². The minimum Gasteiger partial charge on any atom is -0.338 e. The van der Waals surface area contributed by atoms with Crippen molar-refractivity contribution < 1.29 is 17.6 Å². The topological polar surface area (TPSA) is 37.8 Å². The fraction of sp³-hybridized carbons (Fsp3) is 0.0909. The molecule has 1 aromatic heterocycles. The molecule has 0 aliphatic rings. The second-order valence-corrected chi connectivity index (χ2v) is 4.36. The average Bonchev–Trinajstić information content (AvgIpc) is 2.30. The fourth-order valence-corrected chi connectivity index (χ4v) is 1.65. The van der Waals surface area contributed by atoms with E-state index in [2.05, 4.69) is 31.2 Å². The molecular formula is C11H6BrF4N3. The van der Waals surface area contributed by atoms with Gasteiger partial charge >= 0.3 is 6.18 Å². The van der Waals surface area contributed by atoms with Crippen LogP contribution in [0.25, 0.3) is 0 Å². The Kier molecular flexibility index (Phi) is 3.70. The zero-order valence-electron chi connectivity index (χ0n) is 9.17. The van der Waals surface area contributed by atoms with Crippen molar-refractivity contribution in [2.45, 2.75) is 6.18 Å². The molecule has 0 amide bonds. The summed E-state index contributed by atoms with van der Waals surface area (Å²) in [5.41, 5.74) is -1.25. The maximum absolute atomic E-state index is 13.5. The van der Waals surface area contributed by atoms with E-state index < -0.39 is 17.6 Å². The molecule has 0 saturated heterocycles. The van der Waals surface area contributed by atoms with E-state index >= 15 is 0 Å². The Hall–Kier alpha value is -1.70. The molecule has 8 heteroatoms. The standard InChI is InChI=1S/C11H6BrF4N3/c12-9-4-10(18-5-17-9)19-8-3-6(11(14,15)16)1-2-7(8)13/h1-5H,(H,17,18,19). The molecule has 3 nitrogen and oxygen atoms in total. The Morgan fingerprint density at radius 3 is 2.47 bits per heavy atom. The zero-order valence-corrected chi connectivity index (χ0v) is 10.8. The minimum absolute atomic E-state index is 0.181. The summed E-state index contributed by atoms with van der Waals surface area (Å²) >= 11 is 3.08. The van der Waals surface area contributed by atoms with Crippen molar-refractivity contribution in [3.8, 4) is 0 Å². The quantitative estimate of drug-likeness (QED) is 0.662. The van der Waals surface area contributed by atoms with Crippen molar-refractivity contribution in [3.05, 3.63) is 46.6 Å². The van der Waals surface area contributed by atoms with Crippen LogP contribution in [0.5, 0.6) is 0 Å². The van der Waals surface area contributed by atoms with Gasteiger partial charge in [0.05, 0.1) is 11.3 Å². The van der Waals surface area contributed by atoms with E-state index in [4.69, 9.17) is 0 Å². The Morgan fingerprint density at radius 2 is 1.84 bits per heavy atom. The largest absolute Gasteiger partial charge is 0.416 e. The van der Waals surface area contributed by atoms with Gasteiger partial charge in [0.1, 0.15) is 22.6 Å². The molecule has 0 fully saturated rings. The highest BCUT2D eigenvalue weighted by Crippen LogP contribution is 2.32. The molecule has 0 spiro atoms. The molecule has 100 valence electrons. The first kappa shape index (κ1) is 13.7. The molecule has 0 radical (unpaired) electrons. The summed E-state index contributed by atoms with van der Waals surface area (Å²) in [4.78, 5) is 7.52. The summed E-state index contributed by atoms with van der Waals surface area (Å²) in [5.74, 6) is -0.622. The van der Waals surface area contributed by atoms with Crippen LogP contribution in [0.2, 0.25) is 0 Å². The van der Waals surface area contributed by atoms with E-state index in [9.17, 15) is 17.6 Å². The summed E-state index contributed by atoms with van der Waals surface area (Å²) in [6, 6.07) is 3.53. The van der Waals surface area contributed by atoms with Crippen molar-refractivity contribution >= 4 is 27.4 Å². The third kappa shape index (κ3) is 3.40. The normalized spacial score (nSPS) is 11.4. The Bertz CT molecular complexity index is 601. The highest BCUT2D eigenvalue weighted by Gasteiger charge is 2.31. The maximum Gasteiger partial charge on any atom is 0.416 e. The number of hydrogen-bond donors (Lipinski definition) is 1. The number of rotatable bonds is 2. The van der Waals surface area contributed by atoms with E-state index in [0.717, 1.165) is 6.07 Å². The van der Waals surface area contributed by atoms with Crippen LogP contribution in [0.4, 0.5) is 29.1 Å². The fourth-order valence-electron chi connectivity index (χ4n) is 1.34. The van der Waals surface area contributed by atoms with Gasteiger partial charge in [0, 0.05) is 6.07 Å². The summed E-state index contributed by atoms with van der Waals surface area (Å²) in [7, 11) is 0. The van der Waals surface area contributed by atoms with Gasteiger partial charge in [0.25, 0.3) is 0 Å². The summed E-state index contributed by atoms with van der Waals surface area (Å²) < 4.78 is 51.4. The summed E-state index contributed by atoms with van der Waals surface area (Å²) in [6.07, 6.45) is -3.34. The van der Waals surface area contributed by atoms with Crippen molar-refractivity contribution in [1.29, 1.82) is 0 Å². The van der Waals surface area contributed by atoms with Crippen molar-refractivity contribution in [2.75, 3.05) is 5.32 Å². The van der Waals surface area contributed by atoms with Crippen LogP contribution < -0.4 is 5.32 Å². The van der Waals surface area contributed by atoms with E-state index in [-0.39, 0.29) is 11.5 Å². The van der Waals surface area contributed by atoms with E-state index in [1.54, 1.807) is 0 Å². The first-order valence-corrected chi connectivity index (χ1v) is 5.77. The predicted octanol–water partition coefficient (Wildman–Crippen LogP) is 4.14. The third-order valence-corrected chi connectivity index (χ3v) is 2.62. The highest BCUT2D eigenvalue weighted by molar-refractivity contribution is 9.10. The van der Waals surface area contributed by atoms with Crippen LogP contribution in [0, 0.1) is 5.82 Å². The number of anilines is 2. The van der Waals surface area contributed by atoms with Gasteiger partial charge in [-0.2, -0.15) is 13.2 Å². The second-order valence-electron chi connectivity index (χ2n) is 3.54. The van der Waals surface area contributed by atoms with Crippen LogP contribution in [-0.2, 0) is 6.18 Å². The van der Waals surface area contributed by atoms with Crippen LogP contribution in [-0.4, -0.2) is 9.97 Å². The van der Waals surface area contributed by atoms with Crippen LogP contribution in [0.1, 0.15) is 5.56 Å². The van der Waals surface area contributed by atoms with Crippen molar-refractivity contribution in [2.24, 2.45) is 0 Å². The molecule has 2 aromatic rings. The van der Waals surface area contributed by atoms with Gasteiger partial charge in [-0.25, -0.2) is 14.4 Å². The number of halogens is 5. The number of benzene rings is 1. The Morgan fingerprint density at radius 1 is 1.11 bits per heavy atom. The zero-order chi connectivity index (χ0) is 14.0. The molecule has 0 bridgehead atoms. The maximum atomic E-state index is 13.5. The van der Waals surface area contributed by atoms with Crippen molar-refractivity contribution in [3.63, 3.8) is 0 Å². The smallest absolute Gasteiger partial charge is 0.338 e. The van der Waals surface area contributed by atoms with E-state index in [1.165, 1.54) is 12.4 Å². The first-order valence-electron chi connectivity index (χ1n) is 4.97. The molecular weight excluding hydrogens is 330 g/mol. The van der Waals surface area contributed by atoms with Crippen LogP contribution >= 0.6 is 15.9 Å². The molecule has 1 heterocycles. The van der Waals surface area contributed by atoms with Gasteiger partial charge in [-0.3, -0.25) is 0 Å². The molecule has 19 heavy (non-hydrogen) atoms. The molecule has 1 N–H and O–H groups in total. The third-order valence-electron chi connectivity index (χ3n) is 2.19. The molecule has 0 aliphatic heterocycles. The number of nitrogens with one attached hydrogen (secondary N) is 1. The highest BCUT2D eigenvalue weighted by atomic mass is 79.9. The number of alkyl halides is 3. The minimum atomic E-state index is -4.53.